The van der Waals surface area contributed by atoms with Crippen LogP contribution in [0.25, 0.3) is 11.0 Å². The zero-order chi connectivity index (χ0) is 15.5. The van der Waals surface area contributed by atoms with E-state index in [1.165, 1.54) is 0 Å². The number of hydrogen-bond donors (Lipinski definition) is 2. The summed E-state index contributed by atoms with van der Waals surface area (Å²) in [6, 6.07) is 6.36. The van der Waals surface area contributed by atoms with E-state index in [0.717, 1.165) is 34.2 Å². The van der Waals surface area contributed by atoms with Crippen molar-refractivity contribution in [3.63, 3.8) is 0 Å². The lowest BCUT2D eigenvalue weighted by molar-refractivity contribution is 0.295. The number of imidazole rings is 1. The van der Waals surface area contributed by atoms with E-state index in [4.69, 9.17) is 4.74 Å². The molecule has 21 heavy (non-hydrogen) atoms. The molecular formula is C16H25N3OS. The van der Waals surface area contributed by atoms with Crippen molar-refractivity contribution in [3.8, 4) is 5.75 Å². The van der Waals surface area contributed by atoms with Crippen molar-refractivity contribution >= 4 is 22.8 Å². The van der Waals surface area contributed by atoms with Crippen molar-refractivity contribution in [2.75, 3.05) is 19.4 Å². The van der Waals surface area contributed by atoms with E-state index in [1.54, 1.807) is 18.9 Å². The molecule has 116 valence electrons. The predicted octanol–water partition coefficient (Wildman–Crippen LogP) is 3.69. The average Bonchev–Trinajstić information content (AvgIpc) is 2.83. The number of rotatable bonds is 6. The second kappa shape index (κ2) is 6.71. The van der Waals surface area contributed by atoms with Crippen LogP contribution in [0, 0.1) is 5.41 Å². The third-order valence-electron chi connectivity index (χ3n) is 3.55. The Kier molecular flexibility index (Phi) is 5.17. The molecule has 4 nitrogen and oxygen atoms in total. The molecule has 0 bridgehead atoms. The first kappa shape index (κ1) is 16.2. The molecule has 2 rings (SSSR count). The molecule has 1 unspecified atom stereocenters. The van der Waals surface area contributed by atoms with E-state index in [0.29, 0.717) is 6.04 Å². The smallest absolute Gasteiger partial charge is 0.166 e. The molecule has 0 aliphatic rings. The Balaban J connectivity index is 2.08. The second-order valence-corrected chi connectivity index (χ2v) is 7.22. The number of H-pyrrole nitrogens is 1. The van der Waals surface area contributed by atoms with Crippen molar-refractivity contribution in [2.24, 2.45) is 5.41 Å². The van der Waals surface area contributed by atoms with E-state index in [9.17, 15) is 0 Å². The fourth-order valence-corrected chi connectivity index (χ4v) is 3.47. The molecule has 0 spiro atoms. The molecule has 1 aromatic heterocycles. The lowest BCUT2D eigenvalue weighted by Gasteiger charge is -2.30. The zero-order valence-electron chi connectivity index (χ0n) is 13.5. The van der Waals surface area contributed by atoms with Gasteiger partial charge < -0.3 is 15.0 Å². The monoisotopic (exact) mass is 307 g/mol. The molecule has 0 fully saturated rings. The number of nitrogens with one attached hydrogen (secondary N) is 2. The summed E-state index contributed by atoms with van der Waals surface area (Å²) in [6.07, 6.45) is 0. The SMILES string of the molecule is CCNC(CSc1nc2ccc(OC)cc2[nH]1)C(C)(C)C. The van der Waals surface area contributed by atoms with Crippen molar-refractivity contribution < 1.29 is 4.74 Å². The molecule has 1 aromatic carbocycles. The summed E-state index contributed by atoms with van der Waals surface area (Å²) in [5.74, 6) is 1.84. The van der Waals surface area contributed by atoms with Crippen LogP contribution in [0.15, 0.2) is 23.4 Å². The number of fused-ring (bicyclic) bond motifs is 1. The number of methoxy groups -OCH3 is 1. The lowest BCUT2D eigenvalue weighted by Crippen LogP contribution is -2.42. The normalized spacial score (nSPS) is 13.6. The highest BCUT2D eigenvalue weighted by Gasteiger charge is 2.24. The predicted molar refractivity (Wildman–Crippen MR) is 90.3 cm³/mol. The van der Waals surface area contributed by atoms with Gasteiger partial charge in [0.1, 0.15) is 5.75 Å². The van der Waals surface area contributed by atoms with Gasteiger partial charge in [-0.2, -0.15) is 0 Å². The van der Waals surface area contributed by atoms with Crippen LogP contribution in [-0.4, -0.2) is 35.4 Å². The first-order valence-corrected chi connectivity index (χ1v) is 8.32. The van der Waals surface area contributed by atoms with E-state index in [-0.39, 0.29) is 5.41 Å². The highest BCUT2D eigenvalue weighted by Crippen LogP contribution is 2.27. The molecule has 0 radical (unpaired) electrons. The van der Waals surface area contributed by atoms with Crippen LogP contribution in [0.4, 0.5) is 0 Å². The maximum absolute atomic E-state index is 5.24. The molecule has 5 heteroatoms. The Hall–Kier alpha value is -1.20. The molecule has 0 saturated heterocycles. The van der Waals surface area contributed by atoms with Gasteiger partial charge in [0, 0.05) is 17.9 Å². The number of hydrogen-bond acceptors (Lipinski definition) is 4. The van der Waals surface area contributed by atoms with Crippen LogP contribution in [0.2, 0.25) is 0 Å². The van der Waals surface area contributed by atoms with E-state index in [2.05, 4.69) is 43.0 Å². The molecule has 0 aliphatic heterocycles. The van der Waals surface area contributed by atoms with Gasteiger partial charge in [0.05, 0.1) is 18.1 Å². The number of aromatic amines is 1. The molecule has 0 aliphatic carbocycles. The van der Waals surface area contributed by atoms with Crippen LogP contribution >= 0.6 is 11.8 Å². The largest absolute Gasteiger partial charge is 0.497 e. The maximum atomic E-state index is 5.24. The van der Waals surface area contributed by atoms with Crippen molar-refractivity contribution in [3.05, 3.63) is 18.2 Å². The van der Waals surface area contributed by atoms with Crippen molar-refractivity contribution in [1.29, 1.82) is 0 Å². The van der Waals surface area contributed by atoms with Gasteiger partial charge in [-0.1, -0.05) is 39.5 Å². The number of ether oxygens (including phenoxy) is 1. The number of thioether (sulfide) groups is 1. The average molecular weight is 307 g/mol. The van der Waals surface area contributed by atoms with Crippen molar-refractivity contribution in [1.82, 2.24) is 15.3 Å². The molecule has 1 atom stereocenters. The summed E-state index contributed by atoms with van der Waals surface area (Å²) in [5, 5.41) is 4.53. The first-order valence-electron chi connectivity index (χ1n) is 7.34. The van der Waals surface area contributed by atoms with Crippen LogP contribution in [0.1, 0.15) is 27.7 Å². The van der Waals surface area contributed by atoms with E-state index < -0.39 is 0 Å². The van der Waals surface area contributed by atoms with Crippen LogP contribution < -0.4 is 10.1 Å². The third-order valence-corrected chi connectivity index (χ3v) is 4.52. The van der Waals surface area contributed by atoms with Gasteiger partial charge in [0.15, 0.2) is 5.16 Å². The summed E-state index contributed by atoms with van der Waals surface area (Å²) in [6.45, 7) is 9.94. The molecular weight excluding hydrogens is 282 g/mol. The highest BCUT2D eigenvalue weighted by molar-refractivity contribution is 7.99. The topological polar surface area (TPSA) is 49.9 Å². The fraction of sp³-hybridized carbons (Fsp3) is 0.562. The molecule has 2 N–H and O–H groups in total. The van der Waals surface area contributed by atoms with E-state index >= 15 is 0 Å². The van der Waals surface area contributed by atoms with Gasteiger partial charge in [-0.05, 0) is 24.1 Å². The van der Waals surface area contributed by atoms with Crippen molar-refractivity contribution in [2.45, 2.75) is 38.9 Å². The summed E-state index contributed by atoms with van der Waals surface area (Å²) >= 11 is 1.76. The molecule has 1 heterocycles. The quantitative estimate of drug-likeness (QED) is 0.799. The lowest BCUT2D eigenvalue weighted by atomic mass is 9.88. The molecule has 0 amide bonds. The Morgan fingerprint density at radius 1 is 1.38 bits per heavy atom. The minimum absolute atomic E-state index is 0.234. The highest BCUT2D eigenvalue weighted by atomic mass is 32.2. The van der Waals surface area contributed by atoms with Crippen LogP contribution in [-0.2, 0) is 0 Å². The first-order chi connectivity index (χ1) is 9.94. The summed E-state index contributed by atoms with van der Waals surface area (Å²) in [5.41, 5.74) is 2.24. The Bertz CT molecular complexity index is 589. The van der Waals surface area contributed by atoms with E-state index in [1.807, 2.05) is 18.2 Å². The van der Waals surface area contributed by atoms with Gasteiger partial charge in [-0.3, -0.25) is 0 Å². The van der Waals surface area contributed by atoms with Gasteiger partial charge in [-0.25, -0.2) is 4.98 Å². The van der Waals surface area contributed by atoms with Gasteiger partial charge >= 0.3 is 0 Å². The van der Waals surface area contributed by atoms with Gasteiger partial charge in [0.2, 0.25) is 0 Å². The molecule has 2 aromatic rings. The Morgan fingerprint density at radius 3 is 2.76 bits per heavy atom. The minimum Gasteiger partial charge on any atom is -0.497 e. The summed E-state index contributed by atoms with van der Waals surface area (Å²) in [7, 11) is 1.68. The summed E-state index contributed by atoms with van der Waals surface area (Å²) in [4.78, 5) is 7.99. The minimum atomic E-state index is 0.234. The Labute approximate surface area is 131 Å². The van der Waals surface area contributed by atoms with Crippen LogP contribution in [0.3, 0.4) is 0 Å². The van der Waals surface area contributed by atoms with Gasteiger partial charge in [-0.15, -0.1) is 0 Å². The fourth-order valence-electron chi connectivity index (χ4n) is 2.18. The second-order valence-electron chi connectivity index (χ2n) is 6.21. The number of benzene rings is 1. The number of aromatic nitrogens is 2. The third kappa shape index (κ3) is 4.14. The standard InChI is InChI=1S/C16H25N3OS/c1-6-17-14(16(2,3)4)10-21-15-18-12-8-7-11(20-5)9-13(12)19-15/h7-9,14,17H,6,10H2,1-5H3,(H,18,19). The Morgan fingerprint density at radius 2 is 2.14 bits per heavy atom. The van der Waals surface area contributed by atoms with Gasteiger partial charge in [0.25, 0.3) is 0 Å². The van der Waals surface area contributed by atoms with Crippen LogP contribution in [0.5, 0.6) is 5.75 Å². The molecule has 0 saturated carbocycles. The number of nitrogens with zero attached hydrogens (tertiary/aromatic N) is 1. The zero-order valence-corrected chi connectivity index (χ0v) is 14.3. The summed E-state index contributed by atoms with van der Waals surface area (Å²) < 4.78 is 5.24. The maximum Gasteiger partial charge on any atom is 0.166 e.